The van der Waals surface area contributed by atoms with Crippen LogP contribution >= 0.6 is 15.9 Å². The van der Waals surface area contributed by atoms with Crippen molar-refractivity contribution in [3.63, 3.8) is 0 Å². The van der Waals surface area contributed by atoms with Crippen LogP contribution in [-0.2, 0) is 5.33 Å². The van der Waals surface area contributed by atoms with Crippen molar-refractivity contribution >= 4 is 15.9 Å². The number of rotatable bonds is 3. The molecule has 5 heteroatoms. The molecule has 4 rings (SSSR count). The Bertz CT molecular complexity index is 667. The second-order valence-electron chi connectivity index (χ2n) is 5.97. The van der Waals surface area contributed by atoms with E-state index < -0.39 is 0 Å². The van der Waals surface area contributed by atoms with Crippen molar-refractivity contribution in [2.45, 2.75) is 30.0 Å². The van der Waals surface area contributed by atoms with Gasteiger partial charge in [-0.25, -0.2) is 10.9 Å². The first-order valence-corrected chi connectivity index (χ1v) is 8.71. The van der Waals surface area contributed by atoms with Gasteiger partial charge in [-0.3, -0.25) is 5.32 Å². The van der Waals surface area contributed by atoms with E-state index in [0.29, 0.717) is 0 Å². The highest BCUT2D eigenvalue weighted by atomic mass is 79.9. The fraction of sp³-hybridized carbons (Fsp3) is 0.294. The molecule has 1 saturated carbocycles. The minimum atomic E-state index is 0.0584. The number of alkyl halides is 1. The zero-order valence-corrected chi connectivity index (χ0v) is 13.8. The van der Waals surface area contributed by atoms with Gasteiger partial charge in [0, 0.05) is 5.33 Å². The Hall–Kier alpha value is -1.24. The smallest absolute Gasteiger partial charge is 0.0996 e. The Morgan fingerprint density at radius 3 is 2.55 bits per heavy atom. The third-order valence-corrected chi connectivity index (χ3v) is 5.03. The first-order chi connectivity index (χ1) is 10.8. The van der Waals surface area contributed by atoms with Crippen LogP contribution in [0.15, 0.2) is 48.5 Å². The molecule has 4 nitrogen and oxygen atoms in total. The average molecular weight is 359 g/mol. The standard InChI is InChI=1S/C17H19BrN4/c18-11-12-5-7-13(8-6-12)14-3-1-2-4-15(14)16-19-17(9-10-17)21-22-20-16/h1-8,16,19-22H,9-11H2. The topological polar surface area (TPSA) is 48.1 Å². The van der Waals surface area contributed by atoms with Crippen LogP contribution in [-0.4, -0.2) is 5.66 Å². The van der Waals surface area contributed by atoms with Gasteiger partial charge in [-0.05, 0) is 35.1 Å². The lowest BCUT2D eigenvalue weighted by Crippen LogP contribution is -2.66. The summed E-state index contributed by atoms with van der Waals surface area (Å²) in [4.78, 5) is 0. The van der Waals surface area contributed by atoms with E-state index in [1.54, 1.807) is 0 Å². The van der Waals surface area contributed by atoms with Crippen molar-refractivity contribution in [3.8, 4) is 11.1 Å². The predicted octanol–water partition coefficient (Wildman–Crippen LogP) is 2.94. The molecule has 0 radical (unpaired) electrons. The van der Waals surface area contributed by atoms with E-state index in [1.807, 2.05) is 0 Å². The fourth-order valence-electron chi connectivity index (χ4n) is 2.91. The molecule has 0 amide bonds. The van der Waals surface area contributed by atoms with Gasteiger partial charge in [0.25, 0.3) is 0 Å². The fourth-order valence-corrected chi connectivity index (χ4v) is 3.29. The molecule has 2 aromatic carbocycles. The van der Waals surface area contributed by atoms with Gasteiger partial charge in [-0.1, -0.05) is 64.5 Å². The molecule has 2 aliphatic rings. The molecule has 1 aliphatic carbocycles. The van der Waals surface area contributed by atoms with E-state index in [4.69, 9.17) is 0 Å². The van der Waals surface area contributed by atoms with Crippen LogP contribution in [0.1, 0.15) is 30.1 Å². The molecule has 0 aromatic heterocycles. The second-order valence-corrected chi connectivity index (χ2v) is 6.53. The van der Waals surface area contributed by atoms with Gasteiger partial charge in [-0.2, -0.15) is 5.53 Å². The Labute approximate surface area is 138 Å². The molecule has 2 fully saturated rings. The minimum absolute atomic E-state index is 0.0584. The SMILES string of the molecule is BrCc1ccc(-c2ccccc2C2NNNC3(CC3)N2)cc1. The van der Waals surface area contributed by atoms with E-state index in [9.17, 15) is 0 Å². The summed E-state index contributed by atoms with van der Waals surface area (Å²) >= 11 is 3.50. The van der Waals surface area contributed by atoms with Crippen LogP contribution in [0.2, 0.25) is 0 Å². The number of hydrogen-bond donors (Lipinski definition) is 4. The van der Waals surface area contributed by atoms with Crippen molar-refractivity contribution in [2.75, 3.05) is 0 Å². The van der Waals surface area contributed by atoms with Crippen LogP contribution < -0.4 is 21.7 Å². The number of hydrogen-bond acceptors (Lipinski definition) is 4. The first kappa shape index (κ1) is 14.4. The summed E-state index contributed by atoms with van der Waals surface area (Å²) in [7, 11) is 0. The van der Waals surface area contributed by atoms with Crippen molar-refractivity contribution in [1.82, 2.24) is 21.7 Å². The summed E-state index contributed by atoms with van der Waals surface area (Å²) in [6.45, 7) is 0. The van der Waals surface area contributed by atoms with E-state index in [0.717, 1.165) is 18.2 Å². The highest BCUT2D eigenvalue weighted by molar-refractivity contribution is 9.08. The maximum absolute atomic E-state index is 3.66. The van der Waals surface area contributed by atoms with Crippen LogP contribution in [0.25, 0.3) is 11.1 Å². The highest BCUT2D eigenvalue weighted by Crippen LogP contribution is 2.37. The van der Waals surface area contributed by atoms with Gasteiger partial charge in [0.1, 0.15) is 0 Å². The summed E-state index contributed by atoms with van der Waals surface area (Å²) in [6.07, 6.45) is 2.40. The van der Waals surface area contributed by atoms with Crippen LogP contribution in [0.4, 0.5) is 0 Å². The largest absolute Gasteiger partial charge is 0.278 e. The average Bonchev–Trinajstić information content (AvgIpc) is 3.33. The summed E-state index contributed by atoms with van der Waals surface area (Å²) in [5, 5.41) is 4.55. The predicted molar refractivity (Wildman–Crippen MR) is 91.8 cm³/mol. The maximum atomic E-state index is 3.66. The number of benzene rings is 2. The summed E-state index contributed by atoms with van der Waals surface area (Å²) in [5.74, 6) is 0. The van der Waals surface area contributed by atoms with Gasteiger partial charge >= 0.3 is 0 Å². The zero-order valence-electron chi connectivity index (χ0n) is 12.2. The Balaban J connectivity index is 1.67. The summed E-state index contributed by atoms with van der Waals surface area (Å²) in [6, 6.07) is 17.3. The molecule has 1 atom stereocenters. The molecule has 1 unspecified atom stereocenters. The van der Waals surface area contributed by atoms with E-state index >= 15 is 0 Å². The molecular formula is C17H19BrN4. The number of nitrogens with one attached hydrogen (secondary N) is 4. The molecule has 1 aliphatic heterocycles. The molecule has 1 heterocycles. The quantitative estimate of drug-likeness (QED) is 0.637. The molecule has 22 heavy (non-hydrogen) atoms. The lowest BCUT2D eigenvalue weighted by atomic mass is 9.97. The highest BCUT2D eigenvalue weighted by Gasteiger charge is 2.46. The molecule has 4 N–H and O–H groups in total. The summed E-state index contributed by atoms with van der Waals surface area (Å²) < 4.78 is 0. The van der Waals surface area contributed by atoms with E-state index in [-0.39, 0.29) is 11.8 Å². The maximum Gasteiger partial charge on any atom is 0.0996 e. The Kier molecular flexibility index (Phi) is 3.76. The molecule has 1 spiro atoms. The van der Waals surface area contributed by atoms with E-state index in [2.05, 4.69) is 86.2 Å². The zero-order chi connectivity index (χ0) is 15.0. The second kappa shape index (κ2) is 5.76. The molecule has 114 valence electrons. The van der Waals surface area contributed by atoms with Gasteiger partial charge < -0.3 is 0 Å². The van der Waals surface area contributed by atoms with Gasteiger partial charge in [-0.15, -0.1) is 0 Å². The van der Waals surface area contributed by atoms with Crippen molar-refractivity contribution in [1.29, 1.82) is 0 Å². The van der Waals surface area contributed by atoms with Crippen LogP contribution in [0.3, 0.4) is 0 Å². The normalized spacial score (nSPS) is 22.7. The van der Waals surface area contributed by atoms with E-state index in [1.165, 1.54) is 22.3 Å². The van der Waals surface area contributed by atoms with Crippen molar-refractivity contribution in [3.05, 3.63) is 59.7 Å². The monoisotopic (exact) mass is 358 g/mol. The number of hydrazine groups is 2. The molecule has 0 bridgehead atoms. The third-order valence-electron chi connectivity index (χ3n) is 4.38. The Morgan fingerprint density at radius 2 is 1.82 bits per heavy atom. The minimum Gasteiger partial charge on any atom is -0.278 e. The van der Waals surface area contributed by atoms with Crippen molar-refractivity contribution < 1.29 is 0 Å². The molecule has 2 aromatic rings. The third kappa shape index (κ3) is 2.71. The van der Waals surface area contributed by atoms with Crippen molar-refractivity contribution in [2.24, 2.45) is 0 Å². The first-order valence-electron chi connectivity index (χ1n) is 7.59. The lowest BCUT2D eigenvalue weighted by Gasteiger charge is -2.35. The summed E-state index contributed by atoms with van der Waals surface area (Å²) in [5.41, 5.74) is 14.8. The van der Waals surface area contributed by atoms with Gasteiger partial charge in [0.15, 0.2) is 0 Å². The molecular weight excluding hydrogens is 340 g/mol. The van der Waals surface area contributed by atoms with Crippen LogP contribution in [0.5, 0.6) is 0 Å². The van der Waals surface area contributed by atoms with Gasteiger partial charge in [0.2, 0.25) is 0 Å². The number of halogens is 1. The Morgan fingerprint density at radius 1 is 1.05 bits per heavy atom. The lowest BCUT2D eigenvalue weighted by molar-refractivity contribution is 0.177. The van der Waals surface area contributed by atoms with Gasteiger partial charge in [0.05, 0.1) is 11.8 Å². The molecule has 1 saturated heterocycles. The van der Waals surface area contributed by atoms with Crippen LogP contribution in [0, 0.1) is 0 Å².